The highest BCUT2D eigenvalue weighted by Crippen LogP contribution is 2.24. The topological polar surface area (TPSA) is 46.2 Å². The number of rotatable bonds is 3. The first-order valence-electron chi connectivity index (χ1n) is 5.43. The molecule has 2 aromatic carbocycles. The lowest BCUT2D eigenvalue weighted by Crippen LogP contribution is -2.15. The zero-order valence-corrected chi connectivity index (χ0v) is 12.4. The van der Waals surface area contributed by atoms with E-state index in [1.807, 2.05) is 0 Å². The van der Waals surface area contributed by atoms with Crippen molar-refractivity contribution in [3.63, 3.8) is 0 Å². The standard InChI is InChI=1S/C13H11BrFNO2S/c1-9-6-7-10(14)8-13(9)19(17,18)16-12-5-3-2-4-11(12)15/h2-8,16H,1H3. The maximum atomic E-state index is 13.5. The van der Waals surface area contributed by atoms with E-state index < -0.39 is 15.8 Å². The van der Waals surface area contributed by atoms with Gasteiger partial charge in [0.25, 0.3) is 10.0 Å². The van der Waals surface area contributed by atoms with E-state index in [4.69, 9.17) is 0 Å². The number of aryl methyl sites for hydroxylation is 1. The predicted octanol–water partition coefficient (Wildman–Crippen LogP) is 3.70. The van der Waals surface area contributed by atoms with E-state index in [0.29, 0.717) is 10.0 Å². The Balaban J connectivity index is 2.44. The minimum atomic E-state index is -3.81. The van der Waals surface area contributed by atoms with Gasteiger partial charge in [0.2, 0.25) is 0 Å². The quantitative estimate of drug-likeness (QED) is 0.923. The lowest BCUT2D eigenvalue weighted by atomic mass is 10.2. The number of benzene rings is 2. The normalized spacial score (nSPS) is 11.3. The molecule has 19 heavy (non-hydrogen) atoms. The number of hydrogen-bond acceptors (Lipinski definition) is 2. The van der Waals surface area contributed by atoms with Crippen LogP contribution in [0.5, 0.6) is 0 Å². The molecule has 2 aromatic rings. The van der Waals surface area contributed by atoms with Crippen LogP contribution in [0.15, 0.2) is 51.8 Å². The fourth-order valence-corrected chi connectivity index (χ4v) is 3.46. The molecule has 0 amide bonds. The minimum Gasteiger partial charge on any atom is -0.277 e. The molecule has 0 atom stereocenters. The van der Waals surface area contributed by atoms with Gasteiger partial charge in [-0.15, -0.1) is 0 Å². The van der Waals surface area contributed by atoms with Gasteiger partial charge in [-0.1, -0.05) is 34.1 Å². The number of para-hydroxylation sites is 1. The smallest absolute Gasteiger partial charge is 0.262 e. The first-order chi connectivity index (χ1) is 8.90. The summed E-state index contributed by atoms with van der Waals surface area (Å²) in [4.78, 5) is 0.116. The molecular weight excluding hydrogens is 333 g/mol. The molecule has 0 saturated heterocycles. The van der Waals surface area contributed by atoms with Crippen molar-refractivity contribution in [3.8, 4) is 0 Å². The Labute approximate surface area is 119 Å². The zero-order chi connectivity index (χ0) is 14.0. The fraction of sp³-hybridized carbons (Fsp3) is 0.0769. The number of nitrogens with one attached hydrogen (secondary N) is 1. The Kier molecular flexibility index (Phi) is 3.91. The summed E-state index contributed by atoms with van der Waals surface area (Å²) in [7, 11) is -3.81. The molecule has 0 saturated carbocycles. The van der Waals surface area contributed by atoms with Gasteiger partial charge < -0.3 is 0 Å². The molecule has 0 unspecified atom stereocenters. The van der Waals surface area contributed by atoms with Crippen LogP contribution in [0, 0.1) is 12.7 Å². The van der Waals surface area contributed by atoms with Crippen LogP contribution >= 0.6 is 15.9 Å². The first kappa shape index (κ1) is 14.0. The van der Waals surface area contributed by atoms with Crippen molar-refractivity contribution in [3.05, 3.63) is 58.3 Å². The summed E-state index contributed by atoms with van der Waals surface area (Å²) in [5, 5.41) is 0. The summed E-state index contributed by atoms with van der Waals surface area (Å²) in [6.45, 7) is 1.68. The second kappa shape index (κ2) is 5.30. The molecule has 0 aliphatic heterocycles. The second-order valence-electron chi connectivity index (χ2n) is 4.00. The van der Waals surface area contributed by atoms with Crippen molar-refractivity contribution >= 4 is 31.6 Å². The lowest BCUT2D eigenvalue weighted by molar-refractivity contribution is 0.598. The molecule has 3 nitrogen and oxygen atoms in total. The van der Waals surface area contributed by atoms with Gasteiger partial charge in [0.15, 0.2) is 0 Å². The van der Waals surface area contributed by atoms with Crippen LogP contribution < -0.4 is 4.72 Å². The van der Waals surface area contributed by atoms with E-state index in [-0.39, 0.29) is 10.6 Å². The largest absolute Gasteiger partial charge is 0.277 e. The van der Waals surface area contributed by atoms with Gasteiger partial charge >= 0.3 is 0 Å². The second-order valence-corrected chi connectivity index (χ2v) is 6.56. The van der Waals surface area contributed by atoms with Crippen molar-refractivity contribution in [1.82, 2.24) is 0 Å². The van der Waals surface area contributed by atoms with Gasteiger partial charge in [0, 0.05) is 4.47 Å². The highest BCUT2D eigenvalue weighted by atomic mass is 79.9. The van der Waals surface area contributed by atoms with E-state index in [0.717, 1.165) is 0 Å². The average molecular weight is 344 g/mol. The van der Waals surface area contributed by atoms with Gasteiger partial charge in [-0.25, -0.2) is 12.8 Å². The van der Waals surface area contributed by atoms with Crippen molar-refractivity contribution in [1.29, 1.82) is 0 Å². The maximum absolute atomic E-state index is 13.5. The van der Waals surface area contributed by atoms with Crippen molar-refractivity contribution in [2.75, 3.05) is 4.72 Å². The van der Waals surface area contributed by atoms with E-state index >= 15 is 0 Å². The molecule has 0 aliphatic rings. The van der Waals surface area contributed by atoms with Crippen LogP contribution in [0.2, 0.25) is 0 Å². The molecule has 0 heterocycles. The molecule has 0 bridgehead atoms. The molecule has 100 valence electrons. The van der Waals surface area contributed by atoms with Crippen LogP contribution in [0.25, 0.3) is 0 Å². The SMILES string of the molecule is Cc1ccc(Br)cc1S(=O)(=O)Nc1ccccc1F. The van der Waals surface area contributed by atoms with Crippen LogP contribution in [-0.4, -0.2) is 8.42 Å². The van der Waals surface area contributed by atoms with Gasteiger partial charge in [-0.2, -0.15) is 0 Å². The van der Waals surface area contributed by atoms with Gasteiger partial charge in [-0.05, 0) is 36.8 Å². The maximum Gasteiger partial charge on any atom is 0.262 e. The lowest BCUT2D eigenvalue weighted by Gasteiger charge is -2.11. The molecule has 2 rings (SSSR count). The van der Waals surface area contributed by atoms with E-state index in [1.54, 1.807) is 25.1 Å². The summed E-state index contributed by atoms with van der Waals surface area (Å²) in [6.07, 6.45) is 0. The van der Waals surface area contributed by atoms with E-state index in [2.05, 4.69) is 20.7 Å². The van der Waals surface area contributed by atoms with E-state index in [9.17, 15) is 12.8 Å². The Morgan fingerprint density at radius 1 is 1.16 bits per heavy atom. The van der Waals surface area contributed by atoms with Crippen molar-refractivity contribution in [2.45, 2.75) is 11.8 Å². The van der Waals surface area contributed by atoms with Crippen LogP contribution in [0.1, 0.15) is 5.56 Å². The molecular formula is C13H11BrFNO2S. The Morgan fingerprint density at radius 2 is 1.84 bits per heavy atom. The summed E-state index contributed by atoms with van der Waals surface area (Å²) < 4.78 is 40.8. The van der Waals surface area contributed by atoms with Crippen LogP contribution in [0.3, 0.4) is 0 Å². The molecule has 6 heteroatoms. The third-order valence-corrected chi connectivity index (χ3v) is 4.56. The Bertz CT molecular complexity index is 716. The van der Waals surface area contributed by atoms with Gasteiger partial charge in [-0.3, -0.25) is 4.72 Å². The number of halogens is 2. The van der Waals surface area contributed by atoms with Gasteiger partial charge in [0.05, 0.1) is 10.6 Å². The number of hydrogen-bond donors (Lipinski definition) is 1. The molecule has 0 fully saturated rings. The van der Waals surface area contributed by atoms with Crippen LogP contribution in [0.4, 0.5) is 10.1 Å². The van der Waals surface area contributed by atoms with Gasteiger partial charge in [0.1, 0.15) is 5.82 Å². The van der Waals surface area contributed by atoms with Crippen LogP contribution in [-0.2, 0) is 10.0 Å². The summed E-state index contributed by atoms with van der Waals surface area (Å²) in [5.41, 5.74) is 0.522. The van der Waals surface area contributed by atoms with E-state index in [1.165, 1.54) is 24.3 Å². The molecule has 0 spiro atoms. The summed E-state index contributed by atoms with van der Waals surface area (Å²) in [5.74, 6) is -0.612. The first-order valence-corrected chi connectivity index (χ1v) is 7.71. The highest BCUT2D eigenvalue weighted by Gasteiger charge is 2.18. The average Bonchev–Trinajstić information content (AvgIpc) is 2.35. The molecule has 0 radical (unpaired) electrons. The minimum absolute atomic E-state index is 0.0677. The predicted molar refractivity (Wildman–Crippen MR) is 76.1 cm³/mol. The highest BCUT2D eigenvalue weighted by molar-refractivity contribution is 9.10. The Morgan fingerprint density at radius 3 is 2.53 bits per heavy atom. The zero-order valence-electron chi connectivity index (χ0n) is 10.0. The third kappa shape index (κ3) is 3.13. The molecule has 1 N–H and O–H groups in total. The Hall–Kier alpha value is -1.40. The van der Waals surface area contributed by atoms with Crippen molar-refractivity contribution in [2.24, 2.45) is 0 Å². The van der Waals surface area contributed by atoms with Crippen molar-refractivity contribution < 1.29 is 12.8 Å². The third-order valence-electron chi connectivity index (χ3n) is 2.56. The summed E-state index contributed by atoms with van der Waals surface area (Å²) >= 11 is 3.22. The number of sulfonamides is 1. The molecule has 0 aliphatic carbocycles. The monoisotopic (exact) mass is 343 g/mol. The number of anilines is 1. The molecule has 0 aromatic heterocycles. The summed E-state index contributed by atoms with van der Waals surface area (Å²) in [6, 6.07) is 10.5. The fourth-order valence-electron chi connectivity index (χ4n) is 1.61.